The van der Waals surface area contributed by atoms with E-state index < -0.39 is 5.91 Å². The number of nitrogens with two attached hydrogens (primary N) is 2. The lowest BCUT2D eigenvalue weighted by molar-refractivity contribution is 0.1000. The van der Waals surface area contributed by atoms with Crippen LogP contribution in [0.4, 0.5) is 5.82 Å². The van der Waals surface area contributed by atoms with E-state index in [-0.39, 0.29) is 5.54 Å². The van der Waals surface area contributed by atoms with Crippen molar-refractivity contribution in [2.75, 3.05) is 11.9 Å². The lowest BCUT2D eigenvalue weighted by Gasteiger charge is -2.32. The number of rotatable bonds is 6. The molecule has 0 fully saturated rings. The summed E-state index contributed by atoms with van der Waals surface area (Å²) in [6, 6.07) is 3.35. The number of primary amides is 1. The Morgan fingerprint density at radius 2 is 2.11 bits per heavy atom. The van der Waals surface area contributed by atoms with Gasteiger partial charge in [-0.1, -0.05) is 13.8 Å². The van der Waals surface area contributed by atoms with Crippen molar-refractivity contribution in [3.63, 3.8) is 0 Å². The standard InChI is InChI=1S/C14H24N4O/c1-9(2)7-14(4,8-15)18-12-6-11(13(16)19)5-10(3)17-12/h5-6,9H,7-8,15H2,1-4H3,(H2,16,19)(H,17,18). The lowest BCUT2D eigenvalue weighted by atomic mass is 9.90. The van der Waals surface area contributed by atoms with Crippen LogP contribution in [0, 0.1) is 12.8 Å². The van der Waals surface area contributed by atoms with Crippen LogP contribution in [0.2, 0.25) is 0 Å². The molecule has 0 aromatic carbocycles. The molecule has 0 saturated heterocycles. The molecule has 1 rings (SSSR count). The van der Waals surface area contributed by atoms with E-state index in [9.17, 15) is 4.79 Å². The zero-order chi connectivity index (χ0) is 14.6. The smallest absolute Gasteiger partial charge is 0.248 e. The van der Waals surface area contributed by atoms with E-state index >= 15 is 0 Å². The highest BCUT2D eigenvalue weighted by molar-refractivity contribution is 5.93. The van der Waals surface area contributed by atoms with Gasteiger partial charge < -0.3 is 16.8 Å². The molecule has 1 unspecified atom stereocenters. The molecule has 0 aliphatic carbocycles. The number of aromatic nitrogens is 1. The van der Waals surface area contributed by atoms with Crippen LogP contribution >= 0.6 is 0 Å². The minimum Gasteiger partial charge on any atom is -0.366 e. The molecule has 1 aromatic heterocycles. The normalized spacial score (nSPS) is 14.2. The van der Waals surface area contributed by atoms with Crippen molar-refractivity contribution in [2.45, 2.75) is 39.7 Å². The second-order valence-corrected chi connectivity index (χ2v) is 5.73. The van der Waals surface area contributed by atoms with E-state index in [1.54, 1.807) is 12.1 Å². The number of hydrogen-bond donors (Lipinski definition) is 3. The summed E-state index contributed by atoms with van der Waals surface area (Å²) in [6.07, 6.45) is 0.922. The number of nitrogens with zero attached hydrogens (tertiary/aromatic N) is 1. The largest absolute Gasteiger partial charge is 0.366 e. The van der Waals surface area contributed by atoms with E-state index in [2.05, 4.69) is 31.1 Å². The van der Waals surface area contributed by atoms with Gasteiger partial charge in [0.1, 0.15) is 5.82 Å². The van der Waals surface area contributed by atoms with Crippen molar-refractivity contribution < 1.29 is 4.79 Å². The molecule has 5 N–H and O–H groups in total. The van der Waals surface area contributed by atoms with Crippen LogP contribution in [0.3, 0.4) is 0 Å². The molecule has 0 bridgehead atoms. The Labute approximate surface area is 114 Å². The van der Waals surface area contributed by atoms with Crippen LogP contribution in [0.15, 0.2) is 12.1 Å². The van der Waals surface area contributed by atoms with Gasteiger partial charge in [0.25, 0.3) is 0 Å². The third-order valence-electron chi connectivity index (χ3n) is 2.98. The first-order chi connectivity index (χ1) is 8.75. The fourth-order valence-electron chi connectivity index (χ4n) is 2.27. The Morgan fingerprint density at radius 3 is 2.58 bits per heavy atom. The van der Waals surface area contributed by atoms with E-state index in [4.69, 9.17) is 11.5 Å². The van der Waals surface area contributed by atoms with Crippen molar-refractivity contribution in [2.24, 2.45) is 17.4 Å². The molecule has 1 aromatic rings. The number of aryl methyl sites for hydroxylation is 1. The SMILES string of the molecule is Cc1cc(C(N)=O)cc(NC(C)(CN)CC(C)C)n1. The fraction of sp³-hybridized carbons (Fsp3) is 0.571. The van der Waals surface area contributed by atoms with Crippen molar-refractivity contribution in [3.8, 4) is 0 Å². The molecule has 106 valence electrons. The molecule has 19 heavy (non-hydrogen) atoms. The Bertz CT molecular complexity index is 459. The zero-order valence-corrected chi connectivity index (χ0v) is 12.2. The minimum absolute atomic E-state index is 0.246. The number of hydrogen-bond acceptors (Lipinski definition) is 4. The van der Waals surface area contributed by atoms with E-state index in [1.165, 1.54) is 0 Å². The maximum absolute atomic E-state index is 11.3. The first-order valence-corrected chi connectivity index (χ1v) is 6.52. The van der Waals surface area contributed by atoms with Gasteiger partial charge in [0.2, 0.25) is 5.91 Å². The van der Waals surface area contributed by atoms with E-state index in [1.807, 2.05) is 6.92 Å². The maximum Gasteiger partial charge on any atom is 0.248 e. The van der Waals surface area contributed by atoms with Crippen LogP contribution in [0.1, 0.15) is 43.2 Å². The number of carbonyl (C=O) groups is 1. The molecule has 0 saturated carbocycles. The molecular weight excluding hydrogens is 240 g/mol. The molecule has 0 radical (unpaired) electrons. The summed E-state index contributed by atoms with van der Waals surface area (Å²) in [5.74, 6) is 0.704. The summed E-state index contributed by atoms with van der Waals surface area (Å²) in [7, 11) is 0. The van der Waals surface area contributed by atoms with Crippen LogP contribution in [0.25, 0.3) is 0 Å². The Hall–Kier alpha value is -1.62. The average Bonchev–Trinajstić information content (AvgIpc) is 2.26. The molecule has 1 atom stereocenters. The molecule has 1 amide bonds. The van der Waals surface area contributed by atoms with E-state index in [0.29, 0.717) is 23.8 Å². The van der Waals surface area contributed by atoms with Gasteiger partial charge in [-0.2, -0.15) is 0 Å². The third kappa shape index (κ3) is 4.52. The van der Waals surface area contributed by atoms with Gasteiger partial charge in [-0.3, -0.25) is 4.79 Å². The van der Waals surface area contributed by atoms with Gasteiger partial charge in [0, 0.05) is 23.3 Å². The molecule has 5 heteroatoms. The Kier molecular flexibility index (Phi) is 4.89. The maximum atomic E-state index is 11.3. The van der Waals surface area contributed by atoms with E-state index in [0.717, 1.165) is 12.1 Å². The number of carbonyl (C=O) groups excluding carboxylic acids is 1. The summed E-state index contributed by atoms with van der Waals surface area (Å²) in [4.78, 5) is 15.6. The highest BCUT2D eigenvalue weighted by atomic mass is 16.1. The fourth-order valence-corrected chi connectivity index (χ4v) is 2.27. The van der Waals surface area contributed by atoms with Gasteiger partial charge >= 0.3 is 0 Å². The predicted molar refractivity (Wildman–Crippen MR) is 78.0 cm³/mol. The average molecular weight is 264 g/mol. The Morgan fingerprint density at radius 1 is 1.47 bits per heavy atom. The van der Waals surface area contributed by atoms with Crippen LogP contribution < -0.4 is 16.8 Å². The minimum atomic E-state index is -0.452. The second kappa shape index (κ2) is 6.02. The van der Waals surface area contributed by atoms with Gasteiger partial charge in [-0.05, 0) is 38.3 Å². The quantitative estimate of drug-likeness (QED) is 0.728. The second-order valence-electron chi connectivity index (χ2n) is 5.73. The third-order valence-corrected chi connectivity index (χ3v) is 2.98. The molecule has 1 heterocycles. The van der Waals surface area contributed by atoms with Gasteiger partial charge in [-0.25, -0.2) is 4.98 Å². The molecule has 0 aliphatic heterocycles. The van der Waals surface area contributed by atoms with Gasteiger partial charge in [-0.15, -0.1) is 0 Å². The molecule has 5 nitrogen and oxygen atoms in total. The summed E-state index contributed by atoms with van der Waals surface area (Å²) >= 11 is 0. The predicted octanol–water partition coefficient (Wildman–Crippen LogP) is 1.66. The highest BCUT2D eigenvalue weighted by Gasteiger charge is 2.24. The first kappa shape index (κ1) is 15.4. The highest BCUT2D eigenvalue weighted by Crippen LogP contribution is 2.21. The number of anilines is 1. The lowest BCUT2D eigenvalue weighted by Crippen LogP contribution is -2.44. The van der Waals surface area contributed by atoms with Crippen LogP contribution in [-0.4, -0.2) is 23.0 Å². The van der Waals surface area contributed by atoms with Crippen molar-refractivity contribution in [3.05, 3.63) is 23.4 Å². The monoisotopic (exact) mass is 264 g/mol. The van der Waals surface area contributed by atoms with Crippen molar-refractivity contribution in [1.29, 1.82) is 0 Å². The molecular formula is C14H24N4O. The van der Waals surface area contributed by atoms with Crippen molar-refractivity contribution in [1.82, 2.24) is 4.98 Å². The number of pyridine rings is 1. The summed E-state index contributed by atoms with van der Waals surface area (Å²) < 4.78 is 0. The number of nitrogens with one attached hydrogen (secondary N) is 1. The first-order valence-electron chi connectivity index (χ1n) is 6.52. The van der Waals surface area contributed by atoms with Gasteiger partial charge in [0.15, 0.2) is 0 Å². The van der Waals surface area contributed by atoms with Crippen LogP contribution in [0.5, 0.6) is 0 Å². The summed E-state index contributed by atoms with van der Waals surface area (Å²) in [5, 5.41) is 3.33. The zero-order valence-electron chi connectivity index (χ0n) is 12.2. The molecule has 0 spiro atoms. The molecule has 0 aliphatic rings. The van der Waals surface area contributed by atoms with Gasteiger partial charge in [0.05, 0.1) is 0 Å². The Balaban J connectivity index is 3.00. The van der Waals surface area contributed by atoms with Crippen LogP contribution in [-0.2, 0) is 0 Å². The summed E-state index contributed by atoms with van der Waals surface area (Å²) in [5.41, 5.74) is 12.1. The summed E-state index contributed by atoms with van der Waals surface area (Å²) in [6.45, 7) is 8.68. The van der Waals surface area contributed by atoms with Crippen molar-refractivity contribution >= 4 is 11.7 Å². The number of amides is 1. The topological polar surface area (TPSA) is 94.0 Å².